The molecule has 0 radical (unpaired) electrons. The van der Waals surface area contributed by atoms with Crippen molar-refractivity contribution in [3.05, 3.63) is 34.1 Å². The van der Waals surface area contributed by atoms with E-state index in [1.165, 1.54) is 18.9 Å². The molecule has 0 amide bonds. The third kappa shape index (κ3) is 2.78. The van der Waals surface area contributed by atoms with Gasteiger partial charge in [0.2, 0.25) is 0 Å². The average molecular weight is 306 g/mol. The fourth-order valence-electron chi connectivity index (χ4n) is 2.38. The normalized spacial score (nSPS) is 25.7. The number of benzene rings is 1. The van der Waals surface area contributed by atoms with Crippen LogP contribution < -0.4 is 0 Å². The zero-order chi connectivity index (χ0) is 11.5. The summed E-state index contributed by atoms with van der Waals surface area (Å²) in [7, 11) is 0. The van der Waals surface area contributed by atoms with Gasteiger partial charge in [-0.15, -0.1) is 11.6 Å². The van der Waals surface area contributed by atoms with Crippen molar-refractivity contribution in [1.82, 2.24) is 0 Å². The van der Waals surface area contributed by atoms with Crippen LogP contribution in [-0.2, 0) is 6.42 Å². The van der Waals surface area contributed by atoms with Crippen LogP contribution in [0.25, 0.3) is 0 Å². The molecule has 1 aliphatic carbocycles. The summed E-state index contributed by atoms with van der Waals surface area (Å²) in [5.74, 6) is 0.313. The van der Waals surface area contributed by atoms with Gasteiger partial charge in [-0.25, -0.2) is 4.39 Å². The molecule has 0 nitrogen and oxygen atoms in total. The Labute approximate surface area is 109 Å². The van der Waals surface area contributed by atoms with E-state index in [4.69, 9.17) is 11.6 Å². The van der Waals surface area contributed by atoms with Crippen molar-refractivity contribution in [2.75, 3.05) is 0 Å². The molecule has 1 aliphatic rings. The summed E-state index contributed by atoms with van der Waals surface area (Å²) >= 11 is 9.62. The van der Waals surface area contributed by atoms with Gasteiger partial charge in [-0.2, -0.15) is 0 Å². The fraction of sp³-hybridized carbons (Fsp3) is 0.538. The third-order valence-electron chi connectivity index (χ3n) is 3.33. The van der Waals surface area contributed by atoms with Gasteiger partial charge in [0.25, 0.3) is 0 Å². The summed E-state index contributed by atoms with van der Waals surface area (Å²) in [6.07, 6.45) is 5.62. The second-order valence-electron chi connectivity index (χ2n) is 4.48. The summed E-state index contributed by atoms with van der Waals surface area (Å²) in [6, 6.07) is 5.22. The molecule has 0 heterocycles. The van der Waals surface area contributed by atoms with Gasteiger partial charge in [-0.3, -0.25) is 0 Å². The molecule has 1 fully saturated rings. The van der Waals surface area contributed by atoms with Crippen LogP contribution in [0.15, 0.2) is 22.7 Å². The van der Waals surface area contributed by atoms with E-state index in [1.54, 1.807) is 6.07 Å². The number of alkyl halides is 1. The number of rotatable bonds is 2. The molecule has 1 aromatic carbocycles. The lowest BCUT2D eigenvalue weighted by Crippen LogP contribution is -2.21. The van der Waals surface area contributed by atoms with Gasteiger partial charge in [0.15, 0.2) is 0 Å². The Morgan fingerprint density at radius 1 is 1.31 bits per heavy atom. The second-order valence-corrected chi connectivity index (χ2v) is 5.83. The summed E-state index contributed by atoms with van der Waals surface area (Å²) in [4.78, 5) is 0. The SMILES string of the molecule is Fc1cccc(CC2CCCCC2Cl)c1Br. The summed E-state index contributed by atoms with van der Waals surface area (Å²) in [5.41, 5.74) is 1.04. The second kappa shape index (κ2) is 5.50. The van der Waals surface area contributed by atoms with Crippen LogP contribution in [0.2, 0.25) is 0 Å². The lowest BCUT2D eigenvalue weighted by Gasteiger charge is -2.27. The highest BCUT2D eigenvalue weighted by atomic mass is 79.9. The minimum absolute atomic E-state index is 0.181. The van der Waals surface area contributed by atoms with Crippen LogP contribution in [-0.4, -0.2) is 5.38 Å². The summed E-state index contributed by atoms with van der Waals surface area (Å²) in [6.45, 7) is 0. The Hall–Kier alpha value is -0.0800. The van der Waals surface area contributed by atoms with Crippen molar-refractivity contribution in [3.63, 3.8) is 0 Å². The van der Waals surface area contributed by atoms with Gasteiger partial charge in [0, 0.05) is 5.38 Å². The maximum Gasteiger partial charge on any atom is 0.137 e. The highest BCUT2D eigenvalue weighted by Crippen LogP contribution is 2.33. The van der Waals surface area contributed by atoms with Gasteiger partial charge < -0.3 is 0 Å². The van der Waals surface area contributed by atoms with Crippen molar-refractivity contribution in [1.29, 1.82) is 0 Å². The van der Waals surface area contributed by atoms with Crippen molar-refractivity contribution in [2.45, 2.75) is 37.5 Å². The zero-order valence-electron chi connectivity index (χ0n) is 9.06. The smallest absolute Gasteiger partial charge is 0.137 e. The quantitative estimate of drug-likeness (QED) is 0.680. The van der Waals surface area contributed by atoms with E-state index in [1.807, 2.05) is 6.07 Å². The minimum atomic E-state index is -0.181. The standard InChI is InChI=1S/C13H15BrClF/c14-13-10(5-3-7-12(13)16)8-9-4-1-2-6-11(9)15/h3,5,7,9,11H,1-2,4,6,8H2. The minimum Gasteiger partial charge on any atom is -0.206 e. The first-order valence-corrected chi connectivity index (χ1v) is 6.98. The Bertz CT molecular complexity index is 367. The predicted octanol–water partition coefficient (Wildman–Crippen LogP) is 4.93. The lowest BCUT2D eigenvalue weighted by atomic mass is 9.84. The van der Waals surface area contributed by atoms with Gasteiger partial charge >= 0.3 is 0 Å². The highest BCUT2D eigenvalue weighted by Gasteiger charge is 2.24. The molecule has 2 rings (SSSR count). The van der Waals surface area contributed by atoms with Crippen LogP contribution in [0.4, 0.5) is 4.39 Å². The number of halogens is 3. The van der Waals surface area contributed by atoms with Gasteiger partial charge in [0.1, 0.15) is 5.82 Å². The first kappa shape index (κ1) is 12.4. The van der Waals surface area contributed by atoms with Crippen LogP contribution in [0.1, 0.15) is 31.2 Å². The lowest BCUT2D eigenvalue weighted by molar-refractivity contribution is 0.363. The molecule has 88 valence electrons. The zero-order valence-corrected chi connectivity index (χ0v) is 11.4. The largest absolute Gasteiger partial charge is 0.206 e. The fourth-order valence-corrected chi connectivity index (χ4v) is 3.18. The summed E-state index contributed by atoms with van der Waals surface area (Å²) in [5, 5.41) is 0.254. The van der Waals surface area contributed by atoms with Gasteiger partial charge in [0.05, 0.1) is 4.47 Å². The average Bonchev–Trinajstić information content (AvgIpc) is 2.28. The van der Waals surface area contributed by atoms with E-state index in [9.17, 15) is 4.39 Å². The van der Waals surface area contributed by atoms with Gasteiger partial charge in [-0.05, 0) is 52.7 Å². The number of hydrogen-bond donors (Lipinski definition) is 0. The Morgan fingerprint density at radius 2 is 2.06 bits per heavy atom. The van der Waals surface area contributed by atoms with Crippen LogP contribution in [0.5, 0.6) is 0 Å². The van der Waals surface area contributed by atoms with Crippen molar-refractivity contribution >= 4 is 27.5 Å². The number of hydrogen-bond acceptors (Lipinski definition) is 0. The van der Waals surface area contributed by atoms with Gasteiger partial charge in [-0.1, -0.05) is 25.0 Å². The topological polar surface area (TPSA) is 0 Å². The predicted molar refractivity (Wildman–Crippen MR) is 69.4 cm³/mol. The first-order chi connectivity index (χ1) is 7.68. The maximum atomic E-state index is 13.4. The van der Waals surface area contributed by atoms with E-state index < -0.39 is 0 Å². The molecule has 0 N–H and O–H groups in total. The maximum absolute atomic E-state index is 13.4. The molecule has 1 aromatic rings. The molecule has 2 unspecified atom stereocenters. The van der Waals surface area contributed by atoms with E-state index >= 15 is 0 Å². The molecule has 16 heavy (non-hydrogen) atoms. The Balaban J connectivity index is 2.10. The van der Waals surface area contributed by atoms with E-state index in [2.05, 4.69) is 15.9 Å². The molecule has 1 saturated carbocycles. The van der Waals surface area contributed by atoms with E-state index in [0.29, 0.717) is 10.4 Å². The molecule has 0 spiro atoms. The van der Waals surface area contributed by atoms with E-state index in [-0.39, 0.29) is 11.2 Å². The van der Waals surface area contributed by atoms with Crippen molar-refractivity contribution < 1.29 is 4.39 Å². The highest BCUT2D eigenvalue weighted by molar-refractivity contribution is 9.10. The molecule has 0 aromatic heterocycles. The molecule has 0 bridgehead atoms. The Kier molecular flexibility index (Phi) is 4.26. The Morgan fingerprint density at radius 3 is 2.81 bits per heavy atom. The van der Waals surface area contributed by atoms with Crippen molar-refractivity contribution in [2.24, 2.45) is 5.92 Å². The summed E-state index contributed by atoms with van der Waals surface area (Å²) < 4.78 is 14.0. The molecule has 3 heteroatoms. The molecule has 0 saturated heterocycles. The monoisotopic (exact) mass is 304 g/mol. The molecule has 2 atom stereocenters. The van der Waals surface area contributed by atoms with Crippen LogP contribution in [0.3, 0.4) is 0 Å². The molecule has 0 aliphatic heterocycles. The van der Waals surface area contributed by atoms with E-state index in [0.717, 1.165) is 24.8 Å². The van der Waals surface area contributed by atoms with Crippen LogP contribution in [0, 0.1) is 11.7 Å². The first-order valence-electron chi connectivity index (χ1n) is 5.75. The van der Waals surface area contributed by atoms with Crippen molar-refractivity contribution in [3.8, 4) is 0 Å². The van der Waals surface area contributed by atoms with Crippen LogP contribution >= 0.6 is 27.5 Å². The molecular weight excluding hydrogens is 290 g/mol. The molecular formula is C13H15BrClF. The third-order valence-corrected chi connectivity index (χ3v) is 4.79.